The number of nitrogens with zero attached hydrogens (tertiary/aromatic N) is 1. The molecular formula is C6H12NO4P. The van der Waals surface area contributed by atoms with Crippen LogP contribution in [0, 0.1) is 0 Å². The SMILES string of the molecule is CCC(C)(C)OP(=O)(O)N=C=O. The summed E-state index contributed by atoms with van der Waals surface area (Å²) < 4.78 is 18.3. The van der Waals surface area contributed by atoms with Crippen molar-refractivity contribution in [1.82, 2.24) is 0 Å². The molecule has 6 heteroatoms. The van der Waals surface area contributed by atoms with Gasteiger partial charge in [-0.1, -0.05) is 11.7 Å². The minimum absolute atomic E-state index is 0.548. The molecule has 5 nitrogen and oxygen atoms in total. The van der Waals surface area contributed by atoms with Crippen LogP contribution >= 0.6 is 7.75 Å². The average Bonchev–Trinajstić information content (AvgIpc) is 1.85. The Morgan fingerprint density at radius 3 is 2.50 bits per heavy atom. The van der Waals surface area contributed by atoms with Crippen molar-refractivity contribution < 1.29 is 18.8 Å². The molecule has 12 heavy (non-hydrogen) atoms. The number of rotatable bonds is 4. The Hall–Kier alpha value is -0.470. The smallest absolute Gasteiger partial charge is 0.306 e. The molecule has 0 bridgehead atoms. The van der Waals surface area contributed by atoms with Crippen LogP contribution in [-0.4, -0.2) is 16.6 Å². The Morgan fingerprint density at radius 2 is 2.17 bits per heavy atom. The minimum atomic E-state index is -4.13. The predicted octanol–water partition coefficient (Wildman–Crippen LogP) is 1.63. The summed E-state index contributed by atoms with van der Waals surface area (Å²) in [4.78, 5) is 18.6. The zero-order valence-electron chi connectivity index (χ0n) is 7.27. The second kappa shape index (κ2) is 3.97. The topological polar surface area (TPSA) is 76.0 Å². The van der Waals surface area contributed by atoms with Crippen LogP contribution in [0.3, 0.4) is 0 Å². The third kappa shape index (κ3) is 4.42. The zero-order valence-corrected chi connectivity index (χ0v) is 8.17. The summed E-state index contributed by atoms with van der Waals surface area (Å²) in [6.07, 6.45) is 1.54. The van der Waals surface area contributed by atoms with Crippen LogP contribution in [0.2, 0.25) is 0 Å². The first-order valence-electron chi connectivity index (χ1n) is 3.46. The van der Waals surface area contributed by atoms with E-state index in [1.54, 1.807) is 20.8 Å². The molecule has 0 rings (SSSR count). The molecular weight excluding hydrogens is 181 g/mol. The van der Waals surface area contributed by atoms with Crippen molar-refractivity contribution >= 4 is 13.8 Å². The first-order chi connectivity index (χ1) is 5.33. The summed E-state index contributed by atoms with van der Waals surface area (Å²) >= 11 is 0. The maximum absolute atomic E-state index is 10.9. The summed E-state index contributed by atoms with van der Waals surface area (Å²) in [6, 6.07) is 0. The maximum Gasteiger partial charge on any atom is 0.462 e. The number of hydrogen-bond donors (Lipinski definition) is 1. The van der Waals surface area contributed by atoms with Gasteiger partial charge in [0.1, 0.15) is 0 Å². The van der Waals surface area contributed by atoms with E-state index in [1.807, 2.05) is 0 Å². The second-order valence-corrected chi connectivity index (χ2v) is 4.25. The molecule has 0 saturated heterocycles. The fraction of sp³-hybridized carbons (Fsp3) is 0.833. The highest BCUT2D eigenvalue weighted by Gasteiger charge is 2.28. The standard InChI is InChI=1S/C6H12NO4P/c1-4-6(2,3)11-12(9,10)7-5-8/h4H2,1-3H3,(H,9,10). The van der Waals surface area contributed by atoms with Gasteiger partial charge >= 0.3 is 7.75 Å². The third-order valence-electron chi connectivity index (χ3n) is 1.38. The second-order valence-electron chi connectivity index (χ2n) is 2.89. The minimum Gasteiger partial charge on any atom is -0.306 e. The van der Waals surface area contributed by atoms with Crippen molar-refractivity contribution in [2.24, 2.45) is 4.76 Å². The first kappa shape index (κ1) is 11.5. The highest BCUT2D eigenvalue weighted by molar-refractivity contribution is 7.51. The number of carbonyl (C=O) groups excluding carboxylic acids is 1. The molecule has 1 N–H and O–H groups in total. The van der Waals surface area contributed by atoms with E-state index in [1.165, 1.54) is 0 Å². The van der Waals surface area contributed by atoms with Crippen LogP contribution in [0.1, 0.15) is 27.2 Å². The Labute approximate surface area is 71.0 Å². The van der Waals surface area contributed by atoms with Gasteiger partial charge < -0.3 is 4.89 Å². The monoisotopic (exact) mass is 193 g/mol. The Morgan fingerprint density at radius 1 is 1.67 bits per heavy atom. The van der Waals surface area contributed by atoms with Crippen LogP contribution in [-0.2, 0) is 13.9 Å². The summed E-state index contributed by atoms with van der Waals surface area (Å²) in [6.45, 7) is 5.07. The molecule has 0 aliphatic carbocycles. The van der Waals surface area contributed by atoms with Crippen molar-refractivity contribution in [3.63, 3.8) is 0 Å². The van der Waals surface area contributed by atoms with Crippen molar-refractivity contribution in [2.75, 3.05) is 0 Å². The Bertz CT molecular complexity index is 244. The number of isocyanates is 1. The van der Waals surface area contributed by atoms with E-state index in [0.717, 1.165) is 6.08 Å². The number of hydrogen-bond acceptors (Lipinski definition) is 3. The molecule has 0 aliphatic heterocycles. The molecule has 0 aromatic rings. The fourth-order valence-corrected chi connectivity index (χ4v) is 1.38. The van der Waals surface area contributed by atoms with Crippen LogP contribution < -0.4 is 0 Å². The normalized spacial score (nSPS) is 16.3. The lowest BCUT2D eigenvalue weighted by Gasteiger charge is -2.23. The molecule has 0 heterocycles. The van der Waals surface area contributed by atoms with E-state index >= 15 is 0 Å². The third-order valence-corrected chi connectivity index (χ3v) is 2.45. The van der Waals surface area contributed by atoms with Gasteiger partial charge in [-0.05, 0) is 20.3 Å². The van der Waals surface area contributed by atoms with E-state index < -0.39 is 13.3 Å². The molecule has 0 aromatic carbocycles. The first-order valence-corrected chi connectivity index (χ1v) is 4.99. The molecule has 0 radical (unpaired) electrons. The maximum atomic E-state index is 10.9. The van der Waals surface area contributed by atoms with Crippen LogP contribution in [0.4, 0.5) is 0 Å². The fourth-order valence-electron chi connectivity index (χ4n) is 0.458. The quantitative estimate of drug-likeness (QED) is 0.418. The van der Waals surface area contributed by atoms with Gasteiger partial charge in [0.2, 0.25) is 6.08 Å². The predicted molar refractivity (Wildman–Crippen MR) is 43.4 cm³/mol. The van der Waals surface area contributed by atoms with Gasteiger partial charge in [-0.2, -0.15) is 0 Å². The van der Waals surface area contributed by atoms with E-state index in [0.29, 0.717) is 6.42 Å². The molecule has 0 amide bonds. The average molecular weight is 193 g/mol. The van der Waals surface area contributed by atoms with Crippen molar-refractivity contribution in [2.45, 2.75) is 32.8 Å². The Kier molecular flexibility index (Phi) is 3.81. The van der Waals surface area contributed by atoms with Gasteiger partial charge in [0, 0.05) is 0 Å². The molecule has 1 unspecified atom stereocenters. The van der Waals surface area contributed by atoms with Crippen molar-refractivity contribution in [3.8, 4) is 0 Å². The van der Waals surface area contributed by atoms with Crippen LogP contribution in [0.25, 0.3) is 0 Å². The molecule has 0 fully saturated rings. The summed E-state index contributed by atoms with van der Waals surface area (Å²) in [7, 11) is -4.13. The summed E-state index contributed by atoms with van der Waals surface area (Å²) in [5, 5.41) is 0. The molecule has 0 aromatic heterocycles. The van der Waals surface area contributed by atoms with Gasteiger partial charge in [-0.25, -0.2) is 9.36 Å². The van der Waals surface area contributed by atoms with E-state index in [4.69, 9.17) is 9.42 Å². The summed E-state index contributed by atoms with van der Waals surface area (Å²) in [5.74, 6) is 0. The van der Waals surface area contributed by atoms with Gasteiger partial charge in [-0.3, -0.25) is 4.52 Å². The molecule has 70 valence electrons. The zero-order chi connectivity index (χ0) is 9.83. The van der Waals surface area contributed by atoms with E-state index in [-0.39, 0.29) is 0 Å². The lowest BCUT2D eigenvalue weighted by atomic mass is 10.1. The molecule has 0 spiro atoms. The lowest BCUT2D eigenvalue weighted by Crippen LogP contribution is -2.20. The van der Waals surface area contributed by atoms with Gasteiger partial charge in [0.05, 0.1) is 5.60 Å². The van der Waals surface area contributed by atoms with E-state index in [2.05, 4.69) is 4.76 Å². The molecule has 0 aliphatic rings. The molecule has 0 saturated carbocycles. The van der Waals surface area contributed by atoms with Crippen molar-refractivity contribution in [1.29, 1.82) is 0 Å². The lowest BCUT2D eigenvalue weighted by molar-refractivity contribution is 0.0889. The largest absolute Gasteiger partial charge is 0.462 e. The van der Waals surface area contributed by atoms with Crippen LogP contribution in [0.5, 0.6) is 0 Å². The van der Waals surface area contributed by atoms with Gasteiger partial charge in [-0.15, -0.1) is 0 Å². The highest BCUT2D eigenvalue weighted by atomic mass is 31.2. The van der Waals surface area contributed by atoms with Crippen molar-refractivity contribution in [3.05, 3.63) is 0 Å². The van der Waals surface area contributed by atoms with Gasteiger partial charge in [0.25, 0.3) is 0 Å². The van der Waals surface area contributed by atoms with Gasteiger partial charge in [0.15, 0.2) is 0 Å². The Balaban J connectivity index is 4.44. The highest BCUT2D eigenvalue weighted by Crippen LogP contribution is 2.47. The summed E-state index contributed by atoms with van der Waals surface area (Å²) in [5.41, 5.74) is -0.759. The molecule has 1 atom stereocenters. The van der Waals surface area contributed by atoms with Crippen LogP contribution in [0.15, 0.2) is 4.76 Å². The van der Waals surface area contributed by atoms with E-state index in [9.17, 15) is 9.36 Å².